The van der Waals surface area contributed by atoms with Crippen LogP contribution in [0.15, 0.2) is 315 Å². The average Bonchev–Trinajstić information content (AvgIpc) is 0.724. The summed E-state index contributed by atoms with van der Waals surface area (Å²) in [6.45, 7) is 0. The molecule has 0 atom stereocenters. The lowest BCUT2D eigenvalue weighted by molar-refractivity contribution is 0.465. The minimum Gasteiger partial charge on any atom is -0.507 e. The molecule has 0 radical (unpaired) electrons. The summed E-state index contributed by atoms with van der Waals surface area (Å²) < 4.78 is 0. The Bertz CT molecular complexity index is 6980. The molecule has 10 N–H and O–H groups in total. The van der Waals surface area contributed by atoms with Gasteiger partial charge in [0, 0.05) is 100 Å². The molecule has 0 bridgehead atoms. The van der Waals surface area contributed by atoms with Crippen LogP contribution in [0.4, 0.5) is 0 Å². The molecule has 0 spiro atoms. The van der Waals surface area contributed by atoms with Crippen molar-refractivity contribution in [3.8, 4) is 158 Å². The Labute approximate surface area is 628 Å². The molecule has 0 amide bonds. The van der Waals surface area contributed by atoms with Crippen molar-refractivity contribution >= 4 is 108 Å². The van der Waals surface area contributed by atoms with Crippen LogP contribution < -0.4 is 0 Å². The molecular formula is C100H62O10. The third kappa shape index (κ3) is 9.69. The van der Waals surface area contributed by atoms with Crippen molar-refractivity contribution in [3.05, 3.63) is 315 Å². The number of rotatable bonds is 9. The Balaban J connectivity index is 0.804. The standard InChI is InChI=1S/C100H62O10/c101-81-43-41-53-21-1-11-31-63(53)83(81)85-65-33-13-3-23-55(65)45-73(93(85)103)75-47-57-25-5-15-35-67(57)87(95(75)105)89-69-37-17-7-27-59(69)49-77(97(89)107)79-51-61-29-9-19-39-71(61)91(99(79)109)92-72-40-20-10-30-62(72)52-80(100(92)110)78-50-60-28-8-18-38-70(60)90(98(78)108)88-68-36-16-6-26-58(68)48-76(96(88)106)74-46-56-24-4-14-34-66(56)86(94(74)104)84-64-32-12-2-22-54(64)42-44-82(84)102/h1-52,101-110H. The largest absolute Gasteiger partial charge is 0.507 e. The second kappa shape index (κ2) is 24.8. The number of hydrogen-bond acceptors (Lipinski definition) is 10. The summed E-state index contributed by atoms with van der Waals surface area (Å²) >= 11 is 0. The molecule has 0 saturated carbocycles. The van der Waals surface area contributed by atoms with Gasteiger partial charge in [-0.3, -0.25) is 0 Å². The summed E-state index contributed by atoms with van der Waals surface area (Å²) in [5.74, 6) is -2.18. The maximum absolute atomic E-state index is 13.8. The first-order valence-corrected chi connectivity index (χ1v) is 36.2. The predicted octanol–water partition coefficient (Wildman–Crippen LogP) is 25.3. The van der Waals surface area contributed by atoms with Crippen molar-refractivity contribution < 1.29 is 51.1 Å². The van der Waals surface area contributed by atoms with E-state index in [-0.39, 0.29) is 135 Å². The molecule has 522 valence electrons. The van der Waals surface area contributed by atoms with E-state index in [2.05, 4.69) is 0 Å². The monoisotopic (exact) mass is 1420 g/mol. The first-order valence-electron chi connectivity index (χ1n) is 36.2. The van der Waals surface area contributed by atoms with Gasteiger partial charge in [-0.05, 0) is 168 Å². The fourth-order valence-electron chi connectivity index (χ4n) is 17.4. The number of phenols is 10. The number of benzene rings is 20. The maximum atomic E-state index is 13.8. The molecule has 10 heteroatoms. The Morgan fingerprint density at radius 1 is 0.118 bits per heavy atom. The van der Waals surface area contributed by atoms with Crippen LogP contribution in [-0.4, -0.2) is 51.1 Å². The molecular weight excluding hydrogens is 1360 g/mol. The quantitative estimate of drug-likeness (QED) is 0.0663. The molecule has 20 aromatic carbocycles. The fraction of sp³-hybridized carbons (Fsp3) is 0. The van der Waals surface area contributed by atoms with Crippen LogP contribution in [0.1, 0.15) is 0 Å². The van der Waals surface area contributed by atoms with E-state index in [1.807, 2.05) is 279 Å². The first kappa shape index (κ1) is 64.6. The van der Waals surface area contributed by atoms with Gasteiger partial charge in [-0.15, -0.1) is 0 Å². The molecule has 0 unspecified atom stereocenters. The molecule has 0 aliphatic rings. The van der Waals surface area contributed by atoms with Crippen LogP contribution in [0.5, 0.6) is 57.5 Å². The predicted molar refractivity (Wildman–Crippen MR) is 447 cm³/mol. The zero-order chi connectivity index (χ0) is 74.5. The van der Waals surface area contributed by atoms with Gasteiger partial charge in [-0.1, -0.05) is 255 Å². The van der Waals surface area contributed by atoms with Gasteiger partial charge < -0.3 is 51.1 Å². The SMILES string of the molecule is Oc1ccc2ccccc2c1-c1c(O)c(-c2cc3ccccc3c(-c3c(O)c(-c4cc5ccccc5c(-c5c(O)c(-c6cc7ccccc7c(-c7c(O)c(-c8cc9ccccc9c(-c9c(O)ccc%10ccccc9%10)c8O)cc8ccccc78)c6O)cc6ccccc56)c4O)cc4ccccc34)c2O)cc2ccccc12. The highest BCUT2D eigenvalue weighted by Gasteiger charge is 2.33. The van der Waals surface area contributed by atoms with Gasteiger partial charge in [-0.2, -0.15) is 0 Å². The van der Waals surface area contributed by atoms with Crippen molar-refractivity contribution in [2.24, 2.45) is 0 Å². The van der Waals surface area contributed by atoms with E-state index in [1.165, 1.54) is 0 Å². The van der Waals surface area contributed by atoms with E-state index < -0.39 is 0 Å². The van der Waals surface area contributed by atoms with Crippen LogP contribution in [0.3, 0.4) is 0 Å². The molecule has 0 saturated heterocycles. The number of fused-ring (bicyclic) bond motifs is 10. The highest BCUT2D eigenvalue weighted by Crippen LogP contribution is 2.61. The molecule has 110 heavy (non-hydrogen) atoms. The molecule has 0 aromatic heterocycles. The number of aromatic hydroxyl groups is 10. The Kier molecular flexibility index (Phi) is 14.6. The smallest absolute Gasteiger partial charge is 0.132 e. The third-order valence-corrected chi connectivity index (χ3v) is 22.4. The van der Waals surface area contributed by atoms with Crippen LogP contribution in [0.2, 0.25) is 0 Å². The summed E-state index contributed by atoms with van der Waals surface area (Å²) in [6.07, 6.45) is 0. The summed E-state index contributed by atoms with van der Waals surface area (Å²) in [5.41, 5.74) is 4.71. The van der Waals surface area contributed by atoms with Gasteiger partial charge in [0.15, 0.2) is 0 Å². The van der Waals surface area contributed by atoms with E-state index in [0.29, 0.717) is 108 Å². The maximum Gasteiger partial charge on any atom is 0.132 e. The van der Waals surface area contributed by atoms with Crippen molar-refractivity contribution in [2.45, 2.75) is 0 Å². The third-order valence-electron chi connectivity index (χ3n) is 22.4. The van der Waals surface area contributed by atoms with Crippen LogP contribution in [0, 0.1) is 0 Å². The normalized spacial score (nSPS) is 11.8. The molecule has 20 rings (SSSR count). The van der Waals surface area contributed by atoms with Gasteiger partial charge in [-0.25, -0.2) is 0 Å². The first-order chi connectivity index (χ1) is 53.8. The van der Waals surface area contributed by atoms with Gasteiger partial charge in [0.05, 0.1) is 0 Å². The van der Waals surface area contributed by atoms with E-state index in [4.69, 9.17) is 0 Å². The fourth-order valence-corrected chi connectivity index (χ4v) is 17.4. The summed E-state index contributed by atoms with van der Waals surface area (Å²) in [4.78, 5) is 0. The van der Waals surface area contributed by atoms with Crippen LogP contribution in [0.25, 0.3) is 208 Å². The van der Waals surface area contributed by atoms with Gasteiger partial charge >= 0.3 is 0 Å². The zero-order valence-electron chi connectivity index (χ0n) is 58.5. The van der Waals surface area contributed by atoms with Crippen molar-refractivity contribution in [3.63, 3.8) is 0 Å². The van der Waals surface area contributed by atoms with E-state index in [0.717, 1.165) is 21.5 Å². The van der Waals surface area contributed by atoms with Gasteiger partial charge in [0.25, 0.3) is 0 Å². The lowest BCUT2D eigenvalue weighted by Crippen LogP contribution is -1.95. The summed E-state index contributed by atoms with van der Waals surface area (Å²) in [6, 6.07) is 96.8. The molecule has 20 aromatic rings. The Hall–Kier alpha value is -15.0. The highest BCUT2D eigenvalue weighted by molar-refractivity contribution is 6.22. The topological polar surface area (TPSA) is 202 Å². The number of phenolic OH excluding ortho intramolecular Hbond substituents is 10. The lowest BCUT2D eigenvalue weighted by atomic mass is 9.82. The zero-order valence-corrected chi connectivity index (χ0v) is 58.5. The van der Waals surface area contributed by atoms with Crippen molar-refractivity contribution in [2.75, 3.05) is 0 Å². The van der Waals surface area contributed by atoms with E-state index >= 15 is 0 Å². The number of hydrogen-bond donors (Lipinski definition) is 10. The van der Waals surface area contributed by atoms with Crippen LogP contribution in [-0.2, 0) is 0 Å². The summed E-state index contributed by atoms with van der Waals surface area (Å²) in [5, 5.41) is 145. The van der Waals surface area contributed by atoms with Crippen LogP contribution >= 0.6 is 0 Å². The van der Waals surface area contributed by atoms with Crippen molar-refractivity contribution in [1.82, 2.24) is 0 Å². The van der Waals surface area contributed by atoms with E-state index in [1.54, 1.807) is 36.4 Å². The Morgan fingerprint density at radius 2 is 0.245 bits per heavy atom. The lowest BCUT2D eigenvalue weighted by Gasteiger charge is -2.23. The highest BCUT2D eigenvalue weighted by atomic mass is 16.3. The van der Waals surface area contributed by atoms with E-state index in [9.17, 15) is 51.1 Å². The molecule has 0 aliphatic carbocycles. The average molecular weight is 1420 g/mol. The molecule has 0 fully saturated rings. The Morgan fingerprint density at radius 3 is 0.409 bits per heavy atom. The molecule has 0 heterocycles. The van der Waals surface area contributed by atoms with Crippen molar-refractivity contribution in [1.29, 1.82) is 0 Å². The molecule has 0 aliphatic heterocycles. The minimum absolute atomic E-state index is 0.0417. The van der Waals surface area contributed by atoms with Gasteiger partial charge in [0.2, 0.25) is 0 Å². The molecule has 10 nitrogen and oxygen atoms in total. The minimum atomic E-state index is -0.307. The van der Waals surface area contributed by atoms with Gasteiger partial charge in [0.1, 0.15) is 57.5 Å². The second-order valence-corrected chi connectivity index (χ2v) is 28.3. The summed E-state index contributed by atoms with van der Waals surface area (Å²) in [7, 11) is 0. The second-order valence-electron chi connectivity index (χ2n) is 28.3.